The van der Waals surface area contributed by atoms with E-state index in [4.69, 9.17) is 4.74 Å². The van der Waals surface area contributed by atoms with Gasteiger partial charge in [-0.3, -0.25) is 4.79 Å². The summed E-state index contributed by atoms with van der Waals surface area (Å²) in [6.45, 7) is 1.73. The molecule has 1 amide bonds. The fourth-order valence-corrected chi connectivity index (χ4v) is 2.18. The lowest BCUT2D eigenvalue weighted by Crippen LogP contribution is -2.37. The van der Waals surface area contributed by atoms with Crippen molar-refractivity contribution < 1.29 is 32.2 Å². The fraction of sp³-hybridized carbons (Fsp3) is 0.316. The van der Waals surface area contributed by atoms with Gasteiger partial charge < -0.3 is 14.8 Å². The van der Waals surface area contributed by atoms with Crippen LogP contribution in [0.25, 0.3) is 0 Å². The van der Waals surface area contributed by atoms with Crippen molar-refractivity contribution in [3.8, 4) is 5.88 Å². The average molecular weight is 396 g/mol. The highest BCUT2D eigenvalue weighted by atomic mass is 19.4. The molecule has 2 rings (SSSR count). The molecule has 1 heterocycles. The summed E-state index contributed by atoms with van der Waals surface area (Å²) >= 11 is 0. The van der Waals surface area contributed by atoms with E-state index in [1.54, 1.807) is 6.92 Å². The summed E-state index contributed by atoms with van der Waals surface area (Å²) in [6, 6.07) is 11.3. The minimum Gasteiger partial charge on any atom is -0.468 e. The summed E-state index contributed by atoms with van der Waals surface area (Å²) < 4.78 is 45.8. The van der Waals surface area contributed by atoms with Gasteiger partial charge in [-0.05, 0) is 25.5 Å². The highest BCUT2D eigenvalue weighted by Crippen LogP contribution is 2.17. The number of aromatic nitrogens is 1. The molecule has 0 spiro atoms. The number of carbonyl (C=O) groups excluding carboxylic acids is 2. The zero-order valence-corrected chi connectivity index (χ0v) is 15.2. The van der Waals surface area contributed by atoms with Crippen LogP contribution in [0.2, 0.25) is 0 Å². The zero-order valence-electron chi connectivity index (χ0n) is 15.2. The van der Waals surface area contributed by atoms with Gasteiger partial charge in [-0.2, -0.15) is 13.2 Å². The number of esters is 1. The minimum atomic E-state index is -4.49. The second-order valence-electron chi connectivity index (χ2n) is 5.98. The summed E-state index contributed by atoms with van der Waals surface area (Å²) in [5.41, 5.74) is 0.878. The molecule has 2 atom stereocenters. The third-order valence-electron chi connectivity index (χ3n) is 3.67. The van der Waals surface area contributed by atoms with Crippen LogP contribution in [-0.2, 0) is 9.53 Å². The van der Waals surface area contributed by atoms with E-state index in [1.165, 1.54) is 13.0 Å². The molecule has 28 heavy (non-hydrogen) atoms. The molecule has 2 aromatic rings. The van der Waals surface area contributed by atoms with Crippen molar-refractivity contribution in [3.05, 3.63) is 59.8 Å². The Balaban J connectivity index is 1.88. The van der Waals surface area contributed by atoms with Gasteiger partial charge in [-0.1, -0.05) is 30.3 Å². The summed E-state index contributed by atoms with van der Waals surface area (Å²) in [5.74, 6) is -1.59. The summed E-state index contributed by atoms with van der Waals surface area (Å²) in [4.78, 5) is 27.9. The van der Waals surface area contributed by atoms with Crippen LogP contribution >= 0.6 is 0 Å². The van der Waals surface area contributed by atoms with Crippen LogP contribution in [0, 0.1) is 0 Å². The molecule has 0 radical (unpaired) electrons. The number of ether oxygens (including phenoxy) is 2. The third-order valence-corrected chi connectivity index (χ3v) is 3.67. The number of nitrogens with one attached hydrogen (secondary N) is 1. The van der Waals surface area contributed by atoms with E-state index < -0.39 is 30.8 Å². The Bertz CT molecular complexity index is 795. The van der Waals surface area contributed by atoms with Gasteiger partial charge in [0.1, 0.15) is 0 Å². The number of hydrogen-bond acceptors (Lipinski definition) is 5. The second-order valence-corrected chi connectivity index (χ2v) is 5.98. The van der Waals surface area contributed by atoms with E-state index in [2.05, 4.69) is 15.0 Å². The van der Waals surface area contributed by atoms with E-state index in [-0.39, 0.29) is 17.5 Å². The number of alkyl halides is 3. The van der Waals surface area contributed by atoms with Crippen LogP contribution in [0.5, 0.6) is 5.88 Å². The van der Waals surface area contributed by atoms with Crippen molar-refractivity contribution in [2.75, 3.05) is 6.61 Å². The fourth-order valence-electron chi connectivity index (χ4n) is 2.18. The van der Waals surface area contributed by atoms with Crippen LogP contribution in [0.4, 0.5) is 13.2 Å². The molecule has 1 aromatic carbocycles. The topological polar surface area (TPSA) is 77.5 Å². The lowest BCUT2D eigenvalue weighted by molar-refractivity contribution is -0.154. The monoisotopic (exact) mass is 396 g/mol. The molecule has 0 bridgehead atoms. The van der Waals surface area contributed by atoms with Crippen molar-refractivity contribution in [1.29, 1.82) is 0 Å². The van der Waals surface area contributed by atoms with Gasteiger partial charge in [0.2, 0.25) is 5.88 Å². The first-order valence-corrected chi connectivity index (χ1v) is 8.37. The number of rotatable bonds is 7. The van der Waals surface area contributed by atoms with Crippen molar-refractivity contribution >= 4 is 11.9 Å². The van der Waals surface area contributed by atoms with Gasteiger partial charge in [0.05, 0.1) is 11.6 Å². The molecule has 0 aliphatic rings. The van der Waals surface area contributed by atoms with Crippen LogP contribution in [0.15, 0.2) is 48.7 Å². The predicted octanol–water partition coefficient (Wildman–Crippen LogP) is 3.45. The molecular weight excluding hydrogens is 377 g/mol. The maximum atomic E-state index is 12.2. The van der Waals surface area contributed by atoms with Gasteiger partial charge in [0.25, 0.3) is 5.91 Å². The number of carbonyl (C=O) groups is 2. The molecule has 6 nitrogen and oxygen atoms in total. The van der Waals surface area contributed by atoms with Crippen LogP contribution < -0.4 is 10.1 Å². The number of benzene rings is 1. The van der Waals surface area contributed by atoms with Gasteiger partial charge >= 0.3 is 12.1 Å². The first-order chi connectivity index (χ1) is 13.2. The van der Waals surface area contributed by atoms with Crippen LogP contribution in [-0.4, -0.2) is 35.7 Å². The van der Waals surface area contributed by atoms with Crippen molar-refractivity contribution in [1.82, 2.24) is 10.3 Å². The second kappa shape index (κ2) is 9.20. The predicted molar refractivity (Wildman–Crippen MR) is 93.7 cm³/mol. The van der Waals surface area contributed by atoms with Crippen LogP contribution in [0.3, 0.4) is 0 Å². The van der Waals surface area contributed by atoms with Crippen molar-refractivity contribution in [2.24, 2.45) is 0 Å². The Morgan fingerprint density at radius 1 is 1.11 bits per heavy atom. The quantitative estimate of drug-likeness (QED) is 0.726. The number of nitrogens with zero attached hydrogens (tertiary/aromatic N) is 1. The van der Waals surface area contributed by atoms with E-state index in [1.807, 2.05) is 30.3 Å². The SMILES string of the molecule is CC(OC(=O)c1ccc(OCC(F)(F)F)nc1)C(=O)NC(C)c1ccccc1. The summed E-state index contributed by atoms with van der Waals surface area (Å²) in [5, 5.41) is 2.73. The Kier molecular flexibility index (Phi) is 6.97. The summed E-state index contributed by atoms with van der Waals surface area (Å²) in [6.07, 6.45) is -4.54. The molecular formula is C19H19F3N2O4. The molecule has 9 heteroatoms. The first kappa shape index (κ1) is 21.2. The molecule has 1 aromatic heterocycles. The Labute approximate surface area is 159 Å². The van der Waals surface area contributed by atoms with Gasteiger partial charge in [-0.25, -0.2) is 9.78 Å². The molecule has 0 aliphatic carbocycles. The Morgan fingerprint density at radius 3 is 2.36 bits per heavy atom. The number of pyridine rings is 1. The van der Waals surface area contributed by atoms with Gasteiger partial charge in [0, 0.05) is 12.3 Å². The maximum absolute atomic E-state index is 12.2. The molecule has 0 fully saturated rings. The van der Waals surface area contributed by atoms with E-state index >= 15 is 0 Å². The van der Waals surface area contributed by atoms with Gasteiger partial charge in [-0.15, -0.1) is 0 Å². The first-order valence-electron chi connectivity index (χ1n) is 8.37. The highest BCUT2D eigenvalue weighted by molar-refractivity contribution is 5.92. The zero-order chi connectivity index (χ0) is 20.7. The Morgan fingerprint density at radius 2 is 1.79 bits per heavy atom. The maximum Gasteiger partial charge on any atom is 0.422 e. The summed E-state index contributed by atoms with van der Waals surface area (Å²) in [7, 11) is 0. The van der Waals surface area contributed by atoms with Crippen molar-refractivity contribution in [3.63, 3.8) is 0 Å². The largest absolute Gasteiger partial charge is 0.468 e. The lowest BCUT2D eigenvalue weighted by atomic mass is 10.1. The molecule has 0 saturated heterocycles. The van der Waals surface area contributed by atoms with E-state index in [0.717, 1.165) is 17.8 Å². The molecule has 150 valence electrons. The number of hydrogen-bond donors (Lipinski definition) is 1. The molecule has 0 aliphatic heterocycles. The van der Waals surface area contributed by atoms with Gasteiger partial charge in [0.15, 0.2) is 12.7 Å². The normalized spacial score (nSPS) is 13.3. The third kappa shape index (κ3) is 6.57. The van der Waals surface area contributed by atoms with Crippen LogP contribution in [0.1, 0.15) is 35.8 Å². The standard InChI is InChI=1S/C19H19F3N2O4/c1-12(14-6-4-3-5-7-14)24-17(25)13(2)28-18(26)15-8-9-16(23-10-15)27-11-19(20,21)22/h3-10,12-13H,11H2,1-2H3,(H,24,25). The smallest absolute Gasteiger partial charge is 0.422 e. The van der Waals surface area contributed by atoms with E-state index in [9.17, 15) is 22.8 Å². The lowest BCUT2D eigenvalue weighted by Gasteiger charge is -2.18. The molecule has 0 saturated carbocycles. The average Bonchev–Trinajstić information content (AvgIpc) is 2.66. The van der Waals surface area contributed by atoms with Crippen molar-refractivity contribution in [2.45, 2.75) is 32.2 Å². The minimum absolute atomic E-state index is 0.0184. The molecule has 2 unspecified atom stereocenters. The highest BCUT2D eigenvalue weighted by Gasteiger charge is 2.28. The van der Waals surface area contributed by atoms with E-state index in [0.29, 0.717) is 0 Å². The molecule has 1 N–H and O–H groups in total. The number of halogens is 3. The Hall–Kier alpha value is -3.10. The number of amides is 1.